The van der Waals surface area contributed by atoms with Crippen molar-refractivity contribution in [3.05, 3.63) is 45.7 Å². The zero-order valence-corrected chi connectivity index (χ0v) is 18.8. The maximum absolute atomic E-state index is 12.9. The molecule has 3 heterocycles. The molecule has 0 radical (unpaired) electrons. The maximum atomic E-state index is 12.9. The molecule has 9 heteroatoms. The summed E-state index contributed by atoms with van der Waals surface area (Å²) in [7, 11) is 1.59. The van der Waals surface area contributed by atoms with Gasteiger partial charge in [-0.3, -0.25) is 9.78 Å². The first-order valence-electron chi connectivity index (χ1n) is 8.96. The number of carbonyl (C=O) groups excluding carboxylic acids is 1. The first-order chi connectivity index (χ1) is 14.0. The number of Topliss-reactive ketones (excluding diaryl/α,β-unsaturated/α-hetero) is 1. The second-order valence-electron chi connectivity index (χ2n) is 7.06. The van der Waals surface area contributed by atoms with Crippen LogP contribution in [0.2, 0.25) is 10.0 Å². The third-order valence-corrected chi connectivity index (χ3v) is 8.43. The second-order valence-corrected chi connectivity index (χ2v) is 10.2. The number of ether oxygens (including phenoxy) is 3. The first-order valence-corrected chi connectivity index (χ1v) is 12.0. The van der Waals surface area contributed by atoms with Crippen molar-refractivity contribution in [1.82, 2.24) is 4.98 Å². The van der Waals surface area contributed by atoms with E-state index in [0.29, 0.717) is 36.0 Å². The summed E-state index contributed by atoms with van der Waals surface area (Å²) in [6, 6.07) is 3.62. The third kappa shape index (κ3) is 4.29. The van der Waals surface area contributed by atoms with Crippen molar-refractivity contribution in [1.29, 1.82) is 0 Å². The minimum atomic E-state index is -0.207. The number of ketones is 1. The van der Waals surface area contributed by atoms with Gasteiger partial charge in [-0.05, 0) is 6.07 Å². The van der Waals surface area contributed by atoms with Gasteiger partial charge in [-0.25, -0.2) is 0 Å². The molecule has 4 rings (SSSR count). The van der Waals surface area contributed by atoms with Crippen molar-refractivity contribution in [3.63, 3.8) is 0 Å². The van der Waals surface area contributed by atoms with Crippen LogP contribution >= 0.6 is 46.7 Å². The molecule has 2 aliphatic heterocycles. The summed E-state index contributed by atoms with van der Waals surface area (Å²) in [6.45, 7) is 1.08. The Labute approximate surface area is 187 Å². The van der Waals surface area contributed by atoms with Crippen molar-refractivity contribution in [2.24, 2.45) is 5.41 Å². The molecule has 0 bridgehead atoms. The summed E-state index contributed by atoms with van der Waals surface area (Å²) < 4.78 is 17.9. The van der Waals surface area contributed by atoms with E-state index in [2.05, 4.69) is 4.98 Å². The molecule has 29 heavy (non-hydrogen) atoms. The van der Waals surface area contributed by atoms with E-state index in [-0.39, 0.29) is 33.2 Å². The van der Waals surface area contributed by atoms with Gasteiger partial charge in [-0.1, -0.05) is 29.3 Å². The number of hydrogen-bond acceptors (Lipinski definition) is 7. The highest BCUT2D eigenvalue weighted by Crippen LogP contribution is 2.46. The Bertz CT molecular complexity index is 915. The van der Waals surface area contributed by atoms with Crippen LogP contribution in [0.15, 0.2) is 24.5 Å². The predicted octanol–water partition coefficient (Wildman–Crippen LogP) is 5.02. The van der Waals surface area contributed by atoms with Crippen LogP contribution < -0.4 is 14.2 Å². The summed E-state index contributed by atoms with van der Waals surface area (Å²) in [6.07, 6.45) is 2.91. The number of fused-ring (bicyclic) bond motifs is 1. The Balaban J connectivity index is 1.66. The molecule has 0 saturated carbocycles. The van der Waals surface area contributed by atoms with Crippen LogP contribution in [0.4, 0.5) is 0 Å². The Morgan fingerprint density at radius 3 is 2.45 bits per heavy atom. The highest BCUT2D eigenvalue weighted by atomic mass is 35.5. The summed E-state index contributed by atoms with van der Waals surface area (Å²) in [5.41, 5.74) is 0.915. The molecule has 0 atom stereocenters. The summed E-state index contributed by atoms with van der Waals surface area (Å²) in [5, 5.41) is 1.55. The average molecular weight is 472 g/mol. The van der Waals surface area contributed by atoms with Crippen LogP contribution in [0.1, 0.15) is 15.9 Å². The Morgan fingerprint density at radius 2 is 1.79 bits per heavy atom. The molecule has 1 saturated heterocycles. The van der Waals surface area contributed by atoms with Crippen LogP contribution in [0.3, 0.4) is 0 Å². The van der Waals surface area contributed by atoms with Gasteiger partial charge in [0.15, 0.2) is 17.3 Å². The monoisotopic (exact) mass is 471 g/mol. The van der Waals surface area contributed by atoms with Gasteiger partial charge in [0.25, 0.3) is 0 Å². The molecule has 1 spiro atoms. The Hall–Kier alpha value is -1.28. The van der Waals surface area contributed by atoms with Gasteiger partial charge < -0.3 is 14.2 Å². The number of hydrogen-bond donors (Lipinski definition) is 0. The normalized spacial score (nSPS) is 17.6. The summed E-state index contributed by atoms with van der Waals surface area (Å²) >= 11 is 16.1. The molecule has 1 aromatic heterocycles. The highest BCUT2D eigenvalue weighted by molar-refractivity contribution is 8.16. The van der Waals surface area contributed by atoms with E-state index in [1.54, 1.807) is 13.2 Å². The molecule has 5 nitrogen and oxygen atoms in total. The number of benzene rings is 1. The lowest BCUT2D eigenvalue weighted by atomic mass is 9.95. The number of carbonyl (C=O) groups is 1. The fourth-order valence-electron chi connectivity index (χ4n) is 3.40. The van der Waals surface area contributed by atoms with E-state index in [0.717, 1.165) is 16.6 Å². The number of pyridine rings is 1. The second kappa shape index (κ2) is 8.84. The number of aromatic nitrogens is 1. The smallest absolute Gasteiger partial charge is 0.203 e. The summed E-state index contributed by atoms with van der Waals surface area (Å²) in [5.74, 6) is 3.43. The van der Waals surface area contributed by atoms with Crippen molar-refractivity contribution in [2.75, 3.05) is 36.9 Å². The maximum Gasteiger partial charge on any atom is 0.203 e. The molecule has 1 aromatic carbocycles. The quantitative estimate of drug-likeness (QED) is 0.580. The molecule has 0 N–H and O–H groups in total. The van der Waals surface area contributed by atoms with Gasteiger partial charge in [-0.2, -0.15) is 23.5 Å². The molecule has 2 aromatic rings. The Morgan fingerprint density at radius 1 is 1.14 bits per heavy atom. The molecule has 0 aliphatic carbocycles. The predicted molar refractivity (Wildman–Crippen MR) is 118 cm³/mol. The number of nitrogens with zero attached hydrogens (tertiary/aromatic N) is 1. The van der Waals surface area contributed by atoms with Crippen molar-refractivity contribution in [3.8, 4) is 17.2 Å². The van der Waals surface area contributed by atoms with E-state index in [1.165, 1.54) is 12.4 Å². The van der Waals surface area contributed by atoms with Crippen LogP contribution in [-0.4, -0.2) is 47.7 Å². The zero-order valence-electron chi connectivity index (χ0n) is 15.7. The number of rotatable bonds is 4. The van der Waals surface area contributed by atoms with Crippen LogP contribution in [-0.2, 0) is 6.42 Å². The van der Waals surface area contributed by atoms with E-state index in [1.807, 2.05) is 29.6 Å². The fraction of sp³-hybridized carbons (Fsp3) is 0.400. The number of halogens is 2. The molecule has 0 amide bonds. The number of thioether (sulfide) groups is 2. The van der Waals surface area contributed by atoms with Gasteiger partial charge in [-0.15, -0.1) is 0 Å². The van der Waals surface area contributed by atoms with E-state index >= 15 is 0 Å². The van der Waals surface area contributed by atoms with Gasteiger partial charge in [0.05, 0.1) is 41.3 Å². The highest BCUT2D eigenvalue weighted by Gasteiger charge is 2.38. The van der Waals surface area contributed by atoms with E-state index in [9.17, 15) is 4.79 Å². The van der Waals surface area contributed by atoms with Crippen LogP contribution in [0.5, 0.6) is 17.2 Å². The van der Waals surface area contributed by atoms with Gasteiger partial charge in [0, 0.05) is 41.0 Å². The lowest BCUT2D eigenvalue weighted by Crippen LogP contribution is -2.40. The SMILES string of the molecule is COc1ccc(CC(=O)c2c(Cl)cncc2Cl)c2c1OCC1(CO2)CSCSC1. The Kier molecular flexibility index (Phi) is 6.39. The molecular weight excluding hydrogens is 453 g/mol. The standard InChI is InChI=1S/C20H19Cl2NO4S2/c1-25-16-3-2-12(4-15(24)17-13(21)5-23-6-14(17)22)18-19(16)27-8-20(7-26-18)9-28-11-29-10-20/h2-3,5-6H,4,7-11H2,1H3. The van der Waals surface area contributed by atoms with Crippen LogP contribution in [0, 0.1) is 5.41 Å². The van der Waals surface area contributed by atoms with Gasteiger partial charge in [0.2, 0.25) is 5.75 Å². The molecule has 2 aliphatic rings. The molecule has 154 valence electrons. The molecule has 0 unspecified atom stereocenters. The van der Waals surface area contributed by atoms with Gasteiger partial charge in [0.1, 0.15) is 0 Å². The fourth-order valence-corrected chi connectivity index (χ4v) is 6.64. The van der Waals surface area contributed by atoms with Gasteiger partial charge >= 0.3 is 0 Å². The first kappa shape index (κ1) is 21.0. The van der Waals surface area contributed by atoms with Crippen molar-refractivity contribution < 1.29 is 19.0 Å². The topological polar surface area (TPSA) is 57.7 Å². The lowest BCUT2D eigenvalue weighted by Gasteiger charge is -2.33. The minimum Gasteiger partial charge on any atom is -0.493 e. The van der Waals surface area contributed by atoms with Crippen molar-refractivity contribution in [2.45, 2.75) is 6.42 Å². The van der Waals surface area contributed by atoms with Crippen LogP contribution in [0.25, 0.3) is 0 Å². The van der Waals surface area contributed by atoms with E-state index < -0.39 is 0 Å². The molecular formula is C20H19Cl2NO4S2. The van der Waals surface area contributed by atoms with Crippen molar-refractivity contribution >= 4 is 52.5 Å². The lowest BCUT2D eigenvalue weighted by molar-refractivity contribution is 0.0991. The number of methoxy groups -OCH3 is 1. The average Bonchev–Trinajstić information content (AvgIpc) is 2.89. The third-order valence-electron chi connectivity index (χ3n) is 4.89. The summed E-state index contributed by atoms with van der Waals surface area (Å²) in [4.78, 5) is 16.9. The minimum absolute atomic E-state index is 0.0589. The van der Waals surface area contributed by atoms with E-state index in [4.69, 9.17) is 37.4 Å². The zero-order chi connectivity index (χ0) is 20.4. The molecule has 1 fully saturated rings. The largest absolute Gasteiger partial charge is 0.493 e.